The van der Waals surface area contributed by atoms with Crippen molar-refractivity contribution in [1.82, 2.24) is 9.55 Å². The van der Waals surface area contributed by atoms with Crippen molar-refractivity contribution < 1.29 is 0 Å². The second kappa shape index (κ2) is 4.76. The molecule has 0 atom stereocenters. The van der Waals surface area contributed by atoms with Crippen LogP contribution < -0.4 is 5.73 Å². The van der Waals surface area contributed by atoms with E-state index in [1.165, 1.54) is 0 Å². The predicted molar refractivity (Wildman–Crippen MR) is 83.4 cm³/mol. The van der Waals surface area contributed by atoms with Gasteiger partial charge >= 0.3 is 0 Å². The highest BCUT2D eigenvalue weighted by molar-refractivity contribution is 5.80. The molecule has 0 aliphatic rings. The molecule has 1 aromatic heterocycles. The van der Waals surface area contributed by atoms with Gasteiger partial charge in [-0.3, -0.25) is 0 Å². The number of fused-ring (bicyclic) bond motifs is 1. The first-order chi connectivity index (χ1) is 9.54. The van der Waals surface area contributed by atoms with Crippen LogP contribution in [-0.2, 0) is 6.54 Å². The van der Waals surface area contributed by atoms with Crippen LogP contribution >= 0.6 is 0 Å². The molecule has 0 bridgehead atoms. The van der Waals surface area contributed by atoms with Gasteiger partial charge in [-0.2, -0.15) is 0 Å². The Morgan fingerprint density at radius 3 is 2.35 bits per heavy atom. The number of hydrogen-bond donors (Lipinski definition) is 1. The molecule has 3 heteroatoms. The molecule has 2 aromatic carbocycles. The minimum absolute atomic E-state index is 0.285. The van der Waals surface area contributed by atoms with E-state index >= 15 is 0 Å². The van der Waals surface area contributed by atoms with Crippen molar-refractivity contribution in [3.05, 3.63) is 54.6 Å². The summed E-state index contributed by atoms with van der Waals surface area (Å²) >= 11 is 0. The van der Waals surface area contributed by atoms with E-state index in [9.17, 15) is 0 Å². The monoisotopic (exact) mass is 265 g/mol. The van der Waals surface area contributed by atoms with Gasteiger partial charge in [0.05, 0.1) is 11.0 Å². The number of hydrogen-bond acceptors (Lipinski definition) is 2. The van der Waals surface area contributed by atoms with Gasteiger partial charge < -0.3 is 10.3 Å². The lowest BCUT2D eigenvalue weighted by molar-refractivity contribution is 0.442. The Morgan fingerprint density at radius 2 is 1.65 bits per heavy atom. The normalized spacial score (nSPS) is 11.9. The third-order valence-electron chi connectivity index (χ3n) is 3.25. The topological polar surface area (TPSA) is 43.8 Å². The van der Waals surface area contributed by atoms with Gasteiger partial charge in [-0.25, -0.2) is 4.98 Å². The zero-order chi connectivity index (χ0) is 14.2. The van der Waals surface area contributed by atoms with E-state index in [0.29, 0.717) is 0 Å². The Kier molecular flexibility index (Phi) is 3.07. The Balaban J connectivity index is 2.23. The van der Waals surface area contributed by atoms with Gasteiger partial charge in [0.25, 0.3) is 0 Å². The molecule has 1 heterocycles. The van der Waals surface area contributed by atoms with Gasteiger partial charge in [0.2, 0.25) is 0 Å². The summed E-state index contributed by atoms with van der Waals surface area (Å²) in [6, 6.07) is 18.5. The van der Waals surface area contributed by atoms with E-state index < -0.39 is 0 Å². The third kappa shape index (κ3) is 2.45. The van der Waals surface area contributed by atoms with Gasteiger partial charge in [0.15, 0.2) is 0 Å². The van der Waals surface area contributed by atoms with Crippen molar-refractivity contribution in [3.63, 3.8) is 0 Å². The quantitative estimate of drug-likeness (QED) is 0.788. The zero-order valence-corrected chi connectivity index (χ0v) is 11.9. The number of imidazole rings is 1. The number of benzene rings is 2. The lowest BCUT2D eigenvalue weighted by Crippen LogP contribution is -2.37. The molecule has 0 saturated heterocycles. The Hall–Kier alpha value is -2.13. The van der Waals surface area contributed by atoms with E-state index in [-0.39, 0.29) is 5.54 Å². The molecule has 0 amide bonds. The van der Waals surface area contributed by atoms with Gasteiger partial charge in [-0.1, -0.05) is 42.5 Å². The van der Waals surface area contributed by atoms with E-state index in [1.54, 1.807) is 0 Å². The van der Waals surface area contributed by atoms with E-state index in [2.05, 4.69) is 22.8 Å². The molecule has 0 aliphatic carbocycles. The first-order valence-electron chi connectivity index (χ1n) is 6.84. The van der Waals surface area contributed by atoms with E-state index in [4.69, 9.17) is 10.7 Å². The van der Waals surface area contributed by atoms with E-state index in [1.807, 2.05) is 50.2 Å². The molecule has 0 saturated carbocycles. The molecular weight excluding hydrogens is 246 g/mol. The smallest absolute Gasteiger partial charge is 0.141 e. The summed E-state index contributed by atoms with van der Waals surface area (Å²) in [6.45, 7) is 4.81. The summed E-state index contributed by atoms with van der Waals surface area (Å²) in [5, 5.41) is 0. The molecule has 0 unspecified atom stereocenters. The largest absolute Gasteiger partial charge is 0.324 e. The number of nitrogens with two attached hydrogens (primary N) is 1. The number of aromatic nitrogens is 2. The number of para-hydroxylation sites is 2. The van der Waals surface area contributed by atoms with Crippen LogP contribution in [0.15, 0.2) is 54.6 Å². The number of nitrogens with zero attached hydrogens (tertiary/aromatic N) is 2. The van der Waals surface area contributed by atoms with Gasteiger partial charge in [0.1, 0.15) is 5.82 Å². The molecule has 0 aliphatic heterocycles. The average molecular weight is 265 g/mol. The fourth-order valence-corrected chi connectivity index (χ4v) is 2.45. The van der Waals surface area contributed by atoms with Crippen LogP contribution in [-0.4, -0.2) is 15.1 Å². The highest BCUT2D eigenvalue weighted by Gasteiger charge is 2.18. The molecular formula is C17H19N3. The first kappa shape index (κ1) is 12.9. The molecule has 102 valence electrons. The second-order valence-corrected chi connectivity index (χ2v) is 5.86. The summed E-state index contributed by atoms with van der Waals surface area (Å²) in [5.41, 5.74) is 9.19. The maximum Gasteiger partial charge on any atom is 0.141 e. The molecule has 0 spiro atoms. The summed E-state index contributed by atoms with van der Waals surface area (Å²) in [7, 11) is 0. The van der Waals surface area contributed by atoms with Crippen molar-refractivity contribution in [3.8, 4) is 11.4 Å². The highest BCUT2D eigenvalue weighted by atomic mass is 15.1. The fourth-order valence-electron chi connectivity index (χ4n) is 2.45. The lowest BCUT2D eigenvalue weighted by atomic mass is 10.1. The molecule has 3 aromatic rings. The van der Waals surface area contributed by atoms with Crippen LogP contribution in [0.1, 0.15) is 13.8 Å². The molecule has 2 N–H and O–H groups in total. The highest BCUT2D eigenvalue weighted by Crippen LogP contribution is 2.25. The zero-order valence-electron chi connectivity index (χ0n) is 11.9. The second-order valence-electron chi connectivity index (χ2n) is 5.86. The van der Waals surface area contributed by atoms with Crippen molar-refractivity contribution in [2.24, 2.45) is 5.73 Å². The van der Waals surface area contributed by atoms with Crippen molar-refractivity contribution in [1.29, 1.82) is 0 Å². The van der Waals surface area contributed by atoms with Crippen molar-refractivity contribution in [2.45, 2.75) is 25.9 Å². The van der Waals surface area contributed by atoms with Crippen molar-refractivity contribution >= 4 is 11.0 Å². The predicted octanol–water partition coefficient (Wildman–Crippen LogP) is 3.44. The summed E-state index contributed by atoms with van der Waals surface area (Å²) < 4.78 is 2.21. The van der Waals surface area contributed by atoms with Gasteiger partial charge in [0, 0.05) is 17.6 Å². The van der Waals surface area contributed by atoms with E-state index in [0.717, 1.165) is 29.0 Å². The standard InChI is InChI=1S/C17H19N3/c1-17(2,18)12-20-15-11-7-6-10-14(15)19-16(20)13-8-4-3-5-9-13/h3-11H,12,18H2,1-2H3. The molecule has 20 heavy (non-hydrogen) atoms. The van der Waals surface area contributed by atoms with Crippen LogP contribution in [0.5, 0.6) is 0 Å². The summed E-state index contributed by atoms with van der Waals surface area (Å²) in [6.07, 6.45) is 0. The van der Waals surface area contributed by atoms with Crippen molar-refractivity contribution in [2.75, 3.05) is 0 Å². The maximum absolute atomic E-state index is 6.22. The first-order valence-corrected chi connectivity index (χ1v) is 6.84. The maximum atomic E-state index is 6.22. The van der Waals surface area contributed by atoms with Crippen LogP contribution in [0.4, 0.5) is 0 Å². The molecule has 3 rings (SSSR count). The minimum atomic E-state index is -0.285. The lowest BCUT2D eigenvalue weighted by Gasteiger charge is -2.21. The number of rotatable bonds is 3. The fraction of sp³-hybridized carbons (Fsp3) is 0.235. The van der Waals surface area contributed by atoms with Gasteiger partial charge in [-0.05, 0) is 26.0 Å². The van der Waals surface area contributed by atoms with Gasteiger partial charge in [-0.15, -0.1) is 0 Å². The van der Waals surface area contributed by atoms with Crippen LogP contribution in [0.3, 0.4) is 0 Å². The Labute approximate surface area is 119 Å². The molecule has 0 radical (unpaired) electrons. The van der Waals surface area contributed by atoms with Crippen LogP contribution in [0, 0.1) is 0 Å². The molecule has 3 nitrogen and oxygen atoms in total. The molecule has 0 fully saturated rings. The Morgan fingerprint density at radius 1 is 1.00 bits per heavy atom. The Bertz CT molecular complexity index is 721. The van der Waals surface area contributed by atoms with Crippen LogP contribution in [0.25, 0.3) is 22.4 Å². The van der Waals surface area contributed by atoms with Crippen LogP contribution in [0.2, 0.25) is 0 Å². The summed E-state index contributed by atoms with van der Waals surface area (Å²) in [5.74, 6) is 0.977. The SMILES string of the molecule is CC(C)(N)Cn1c(-c2ccccc2)nc2ccccc21. The third-order valence-corrected chi connectivity index (χ3v) is 3.25. The summed E-state index contributed by atoms with van der Waals surface area (Å²) in [4.78, 5) is 4.77. The average Bonchev–Trinajstić information content (AvgIpc) is 2.77. The minimum Gasteiger partial charge on any atom is -0.324 e.